The van der Waals surface area contributed by atoms with Crippen LogP contribution in [0, 0.1) is 0 Å². The molecule has 0 amide bonds. The second kappa shape index (κ2) is 18.2. The summed E-state index contributed by atoms with van der Waals surface area (Å²) in [5, 5.41) is 18.2. The van der Waals surface area contributed by atoms with Crippen molar-refractivity contribution in [2.75, 3.05) is 0 Å². The van der Waals surface area contributed by atoms with Crippen molar-refractivity contribution in [2.45, 2.75) is 58.0 Å². The van der Waals surface area contributed by atoms with Crippen LogP contribution in [0.15, 0.2) is 72.9 Å². The number of rotatable bonds is 14. The molecule has 3 heteroatoms. The number of allylic oxidation sites excluding steroid dienone is 11. The van der Waals surface area contributed by atoms with Crippen LogP contribution in [0.5, 0.6) is 0 Å². The highest BCUT2D eigenvalue weighted by Gasteiger charge is 1.94. The minimum absolute atomic E-state index is 0.191. The highest BCUT2D eigenvalue weighted by molar-refractivity contribution is 5.66. The molecule has 0 aliphatic rings. The summed E-state index contributed by atoms with van der Waals surface area (Å²) < 4.78 is 0. The maximum Gasteiger partial charge on any atom is 0.303 e. The van der Waals surface area contributed by atoms with Crippen molar-refractivity contribution in [2.24, 2.45) is 0 Å². The molecule has 0 spiro atoms. The molecule has 138 valence electrons. The average Bonchev–Trinajstić information content (AvgIpc) is 2.58. The van der Waals surface area contributed by atoms with E-state index in [1.807, 2.05) is 36.5 Å². The van der Waals surface area contributed by atoms with Gasteiger partial charge in [0.25, 0.3) is 0 Å². The lowest BCUT2D eigenvalue weighted by molar-refractivity contribution is -0.136. The van der Waals surface area contributed by atoms with Crippen molar-refractivity contribution in [1.29, 1.82) is 0 Å². The highest BCUT2D eigenvalue weighted by atomic mass is 16.4. The van der Waals surface area contributed by atoms with Crippen LogP contribution in [0.2, 0.25) is 0 Å². The number of carboxylic acid groups (broad SMARTS) is 1. The van der Waals surface area contributed by atoms with Gasteiger partial charge < -0.3 is 10.2 Å². The average molecular weight is 344 g/mol. The van der Waals surface area contributed by atoms with E-state index in [2.05, 4.69) is 37.3 Å². The number of carbonyl (C=O) groups is 1. The first-order chi connectivity index (χ1) is 12.2. The third-order valence-corrected chi connectivity index (χ3v) is 3.24. The smallest absolute Gasteiger partial charge is 0.303 e. The maximum absolute atomic E-state index is 10.3. The fraction of sp³-hybridized carbons (Fsp3) is 0.409. The molecule has 0 aliphatic heterocycles. The lowest BCUT2D eigenvalue weighted by Gasteiger charge is -2.00. The Morgan fingerprint density at radius 3 is 2.20 bits per heavy atom. The fourth-order valence-corrected chi connectivity index (χ4v) is 1.90. The zero-order valence-corrected chi connectivity index (χ0v) is 15.3. The van der Waals surface area contributed by atoms with Crippen molar-refractivity contribution in [3.8, 4) is 0 Å². The topological polar surface area (TPSA) is 57.5 Å². The summed E-state index contributed by atoms with van der Waals surface area (Å²) in [6.07, 6.45) is 28.6. The molecule has 25 heavy (non-hydrogen) atoms. The molecule has 0 aliphatic carbocycles. The van der Waals surface area contributed by atoms with E-state index >= 15 is 0 Å². The molecule has 1 unspecified atom stereocenters. The molecule has 0 aromatic carbocycles. The molecular formula is C22H32O3. The zero-order chi connectivity index (χ0) is 18.6. The van der Waals surface area contributed by atoms with E-state index in [-0.39, 0.29) is 12.5 Å². The van der Waals surface area contributed by atoms with Gasteiger partial charge in [-0.25, -0.2) is 0 Å². The number of hydrogen-bond donors (Lipinski definition) is 2. The molecule has 0 rings (SSSR count). The number of hydrogen-bond acceptors (Lipinski definition) is 2. The third kappa shape index (κ3) is 19.8. The lowest BCUT2D eigenvalue weighted by Crippen LogP contribution is -1.99. The lowest BCUT2D eigenvalue weighted by atomic mass is 10.1. The number of aliphatic hydroxyl groups excluding tert-OH is 1. The minimum atomic E-state index is -0.758. The molecule has 0 aromatic heterocycles. The molecule has 0 radical (unpaired) electrons. The maximum atomic E-state index is 10.3. The van der Waals surface area contributed by atoms with Gasteiger partial charge in [0, 0.05) is 6.42 Å². The first kappa shape index (κ1) is 22.9. The first-order valence-electron chi connectivity index (χ1n) is 9.01. The Morgan fingerprint density at radius 1 is 0.840 bits per heavy atom. The third-order valence-electron chi connectivity index (χ3n) is 3.24. The summed E-state index contributed by atoms with van der Waals surface area (Å²) in [7, 11) is 0. The van der Waals surface area contributed by atoms with Crippen molar-refractivity contribution in [3.05, 3.63) is 72.9 Å². The van der Waals surface area contributed by atoms with Crippen molar-refractivity contribution in [1.82, 2.24) is 0 Å². The quantitative estimate of drug-likeness (QED) is 0.322. The van der Waals surface area contributed by atoms with Crippen LogP contribution in [-0.2, 0) is 4.79 Å². The van der Waals surface area contributed by atoms with Crippen LogP contribution in [-0.4, -0.2) is 22.3 Å². The van der Waals surface area contributed by atoms with E-state index in [0.717, 1.165) is 32.1 Å². The van der Waals surface area contributed by atoms with Crippen LogP contribution < -0.4 is 0 Å². The van der Waals surface area contributed by atoms with Crippen LogP contribution in [0.3, 0.4) is 0 Å². The Labute approximate surface area is 152 Å². The van der Waals surface area contributed by atoms with Gasteiger partial charge in [-0.15, -0.1) is 0 Å². The van der Waals surface area contributed by atoms with Crippen LogP contribution in [0.4, 0.5) is 0 Å². The van der Waals surface area contributed by atoms with Gasteiger partial charge in [-0.05, 0) is 38.5 Å². The van der Waals surface area contributed by atoms with E-state index in [9.17, 15) is 9.90 Å². The Balaban J connectivity index is 3.70. The van der Waals surface area contributed by atoms with Crippen molar-refractivity contribution < 1.29 is 15.0 Å². The van der Waals surface area contributed by atoms with Crippen molar-refractivity contribution in [3.63, 3.8) is 0 Å². The Hall–Kier alpha value is -2.13. The number of carboxylic acids is 1. The Kier molecular flexibility index (Phi) is 16.7. The highest BCUT2D eigenvalue weighted by Crippen LogP contribution is 2.01. The van der Waals surface area contributed by atoms with Gasteiger partial charge in [0.15, 0.2) is 0 Å². The number of aliphatic carboxylic acids is 1. The summed E-state index contributed by atoms with van der Waals surface area (Å²) in [5.41, 5.74) is 0. The first-order valence-corrected chi connectivity index (χ1v) is 9.01. The minimum Gasteiger partial charge on any atom is -0.481 e. The largest absolute Gasteiger partial charge is 0.481 e. The molecule has 0 fully saturated rings. The summed E-state index contributed by atoms with van der Waals surface area (Å²) in [6.45, 7) is 2.10. The molecule has 2 N–H and O–H groups in total. The summed E-state index contributed by atoms with van der Waals surface area (Å²) in [4.78, 5) is 10.3. The molecular weight excluding hydrogens is 312 g/mol. The van der Waals surface area contributed by atoms with Gasteiger partial charge in [-0.2, -0.15) is 0 Å². The van der Waals surface area contributed by atoms with Gasteiger partial charge in [0.05, 0.1) is 6.10 Å². The molecule has 0 aromatic rings. The van der Waals surface area contributed by atoms with E-state index in [0.29, 0.717) is 6.42 Å². The van der Waals surface area contributed by atoms with Gasteiger partial charge in [0.2, 0.25) is 0 Å². The molecule has 1 atom stereocenters. The van der Waals surface area contributed by atoms with Gasteiger partial charge >= 0.3 is 5.97 Å². The fourth-order valence-electron chi connectivity index (χ4n) is 1.90. The van der Waals surface area contributed by atoms with Gasteiger partial charge in [0.1, 0.15) is 0 Å². The predicted octanol–water partition coefficient (Wildman–Crippen LogP) is 5.52. The Bertz CT molecular complexity index is 493. The summed E-state index contributed by atoms with van der Waals surface area (Å²) in [6, 6.07) is 0. The second-order valence-corrected chi connectivity index (χ2v) is 5.57. The predicted molar refractivity (Wildman–Crippen MR) is 106 cm³/mol. The Morgan fingerprint density at radius 2 is 1.48 bits per heavy atom. The molecule has 0 heterocycles. The van der Waals surface area contributed by atoms with Crippen LogP contribution in [0.25, 0.3) is 0 Å². The number of aliphatic hydroxyl groups is 1. The van der Waals surface area contributed by atoms with Gasteiger partial charge in [-0.1, -0.05) is 79.8 Å². The van der Waals surface area contributed by atoms with Gasteiger partial charge in [-0.3, -0.25) is 4.79 Å². The van der Waals surface area contributed by atoms with E-state index in [4.69, 9.17) is 5.11 Å². The molecule has 0 bridgehead atoms. The normalized spacial score (nSPS) is 14.3. The van der Waals surface area contributed by atoms with E-state index in [1.54, 1.807) is 6.08 Å². The van der Waals surface area contributed by atoms with Crippen LogP contribution >= 0.6 is 0 Å². The molecule has 3 nitrogen and oxygen atoms in total. The summed E-state index contributed by atoms with van der Waals surface area (Å²) in [5.74, 6) is -0.758. The SMILES string of the molecule is CCC=CCCC(O)C=CC=CC=CCC=CCC=CCCC(=O)O. The monoisotopic (exact) mass is 344 g/mol. The van der Waals surface area contributed by atoms with Crippen molar-refractivity contribution >= 4 is 5.97 Å². The summed E-state index contributed by atoms with van der Waals surface area (Å²) >= 11 is 0. The van der Waals surface area contributed by atoms with Crippen LogP contribution in [0.1, 0.15) is 51.9 Å². The molecule has 0 saturated heterocycles. The zero-order valence-electron chi connectivity index (χ0n) is 15.3. The molecule has 0 saturated carbocycles. The van der Waals surface area contributed by atoms with E-state index in [1.165, 1.54) is 0 Å². The second-order valence-electron chi connectivity index (χ2n) is 5.57. The standard InChI is InChI=1S/C22H32O3/c1-2-3-4-15-18-21(23)19-16-13-11-9-7-5-6-8-10-12-14-17-20-22(24)25/h3-4,6-9,11-14,16,19,21,23H,2,5,10,15,17-18,20H2,1H3,(H,24,25). The van der Waals surface area contributed by atoms with E-state index < -0.39 is 5.97 Å².